The van der Waals surface area contributed by atoms with Gasteiger partial charge in [-0.3, -0.25) is 4.79 Å². The number of nitrogens with one attached hydrogen (secondary N) is 1. The predicted octanol–water partition coefficient (Wildman–Crippen LogP) is 2.27. The summed E-state index contributed by atoms with van der Waals surface area (Å²) in [5.41, 5.74) is 0.733. The maximum absolute atomic E-state index is 12.8. The van der Waals surface area contributed by atoms with Crippen LogP contribution < -0.4 is 5.32 Å². The minimum Gasteiger partial charge on any atom is -0.347 e. The van der Waals surface area contributed by atoms with Crippen LogP contribution in [0.15, 0.2) is 41.9 Å². The van der Waals surface area contributed by atoms with Gasteiger partial charge in [-0.2, -0.15) is 0 Å². The molecule has 0 aliphatic carbocycles. The van der Waals surface area contributed by atoms with Crippen LogP contribution in [0.3, 0.4) is 0 Å². The highest BCUT2D eigenvalue weighted by molar-refractivity contribution is 7.11. The number of nitrogens with zero attached hydrogens (tertiary/aromatic N) is 3. The second kappa shape index (κ2) is 8.26. The summed E-state index contributed by atoms with van der Waals surface area (Å²) in [6.07, 6.45) is 2.32. The van der Waals surface area contributed by atoms with Crippen molar-refractivity contribution in [3.63, 3.8) is 0 Å². The average molecular weight is 402 g/mol. The zero-order chi connectivity index (χ0) is 19.4. The van der Waals surface area contributed by atoms with E-state index in [9.17, 15) is 9.59 Å². The molecule has 1 N–H and O–H groups in total. The number of aromatic nitrogens is 1. The van der Waals surface area contributed by atoms with Gasteiger partial charge < -0.3 is 24.6 Å². The molecule has 2 aromatic rings. The van der Waals surface area contributed by atoms with E-state index in [4.69, 9.17) is 9.47 Å². The summed E-state index contributed by atoms with van der Waals surface area (Å²) in [5, 5.41) is 5.13. The van der Waals surface area contributed by atoms with E-state index in [0.29, 0.717) is 37.7 Å². The summed E-state index contributed by atoms with van der Waals surface area (Å²) in [7, 11) is 0. The molecule has 0 saturated carbocycles. The molecule has 0 bridgehead atoms. The van der Waals surface area contributed by atoms with Crippen LogP contribution in [-0.2, 0) is 9.47 Å². The van der Waals surface area contributed by atoms with Crippen molar-refractivity contribution in [1.82, 2.24) is 14.8 Å². The van der Waals surface area contributed by atoms with Crippen molar-refractivity contribution >= 4 is 29.0 Å². The van der Waals surface area contributed by atoms with Crippen LogP contribution in [0, 0.1) is 0 Å². The molecule has 1 aromatic heterocycles. The lowest BCUT2D eigenvalue weighted by Crippen LogP contribution is -2.60. The Kier molecular flexibility index (Phi) is 5.56. The van der Waals surface area contributed by atoms with Crippen molar-refractivity contribution in [2.24, 2.45) is 0 Å². The number of hydrogen-bond donors (Lipinski definition) is 1. The van der Waals surface area contributed by atoms with Gasteiger partial charge in [-0.05, 0) is 18.6 Å². The maximum Gasteiger partial charge on any atom is 0.322 e. The van der Waals surface area contributed by atoms with E-state index < -0.39 is 5.79 Å². The molecule has 3 heterocycles. The number of thiazole rings is 1. The summed E-state index contributed by atoms with van der Waals surface area (Å²) in [5.74, 6) is -1.15. The molecule has 1 aromatic carbocycles. The summed E-state index contributed by atoms with van der Waals surface area (Å²) >= 11 is 1.31. The molecule has 2 aliphatic heterocycles. The van der Waals surface area contributed by atoms with Crippen LogP contribution in [-0.4, -0.2) is 71.9 Å². The van der Waals surface area contributed by atoms with E-state index in [0.717, 1.165) is 5.69 Å². The number of benzene rings is 1. The third kappa shape index (κ3) is 4.16. The van der Waals surface area contributed by atoms with Crippen molar-refractivity contribution in [1.29, 1.82) is 0 Å². The fourth-order valence-corrected chi connectivity index (χ4v) is 4.01. The van der Waals surface area contributed by atoms with Gasteiger partial charge in [0.05, 0.1) is 26.3 Å². The molecule has 2 saturated heterocycles. The Morgan fingerprint density at radius 2 is 1.86 bits per heavy atom. The van der Waals surface area contributed by atoms with Gasteiger partial charge in [-0.15, -0.1) is 11.3 Å². The van der Waals surface area contributed by atoms with E-state index in [1.54, 1.807) is 21.4 Å². The molecular formula is C19H22N4O4S. The summed E-state index contributed by atoms with van der Waals surface area (Å²) in [6.45, 7) is 2.37. The molecule has 2 fully saturated rings. The van der Waals surface area contributed by atoms with E-state index in [2.05, 4.69) is 10.3 Å². The van der Waals surface area contributed by atoms with Crippen LogP contribution in [0.1, 0.15) is 16.2 Å². The number of hydrogen-bond acceptors (Lipinski definition) is 6. The van der Waals surface area contributed by atoms with Crippen molar-refractivity contribution in [3.05, 3.63) is 46.9 Å². The second-order valence-corrected chi connectivity index (χ2v) is 7.64. The zero-order valence-electron chi connectivity index (χ0n) is 15.4. The van der Waals surface area contributed by atoms with Crippen molar-refractivity contribution in [2.75, 3.05) is 44.7 Å². The zero-order valence-corrected chi connectivity index (χ0v) is 16.2. The lowest BCUT2D eigenvalue weighted by Gasteiger charge is -2.42. The summed E-state index contributed by atoms with van der Waals surface area (Å²) < 4.78 is 12.0. The normalized spacial score (nSPS) is 22.7. The smallest absolute Gasteiger partial charge is 0.322 e. The Morgan fingerprint density at radius 3 is 2.64 bits per heavy atom. The van der Waals surface area contributed by atoms with Crippen LogP contribution in [0.4, 0.5) is 10.5 Å². The largest absolute Gasteiger partial charge is 0.347 e. The molecule has 8 nitrogen and oxygen atoms in total. The maximum atomic E-state index is 12.8. The lowest BCUT2D eigenvalue weighted by molar-refractivity contribution is -0.258. The molecule has 1 unspecified atom stereocenters. The molecule has 9 heteroatoms. The topological polar surface area (TPSA) is 84.0 Å². The average Bonchev–Trinajstić information content (AvgIpc) is 3.18. The van der Waals surface area contributed by atoms with Crippen molar-refractivity contribution in [2.45, 2.75) is 12.2 Å². The first-order valence-corrected chi connectivity index (χ1v) is 10.1. The summed E-state index contributed by atoms with van der Waals surface area (Å²) in [4.78, 5) is 33.0. The predicted molar refractivity (Wildman–Crippen MR) is 104 cm³/mol. The molecule has 1 spiro atoms. The van der Waals surface area contributed by atoms with Gasteiger partial charge in [0.2, 0.25) is 5.79 Å². The number of para-hydroxylation sites is 1. The fourth-order valence-electron chi connectivity index (χ4n) is 3.40. The third-order valence-electron chi connectivity index (χ3n) is 4.74. The first-order chi connectivity index (χ1) is 13.7. The Bertz CT molecular complexity index is 817. The highest BCUT2D eigenvalue weighted by Gasteiger charge is 2.43. The van der Waals surface area contributed by atoms with Gasteiger partial charge in [0.25, 0.3) is 5.91 Å². The van der Waals surface area contributed by atoms with Crippen LogP contribution in [0.2, 0.25) is 0 Å². The number of carbonyl (C=O) groups excluding carboxylic acids is 2. The van der Waals surface area contributed by atoms with Gasteiger partial charge in [0.15, 0.2) is 5.01 Å². The number of carbonyl (C=O) groups is 2. The molecule has 3 amide bonds. The first-order valence-electron chi connectivity index (χ1n) is 9.23. The quantitative estimate of drug-likeness (QED) is 0.833. The minimum absolute atomic E-state index is 0.134. The monoisotopic (exact) mass is 402 g/mol. The standard InChI is InChI=1S/C19H22N4O4S/c24-17(16-20-7-12-28-16)22-9-11-27-19(13-22)14-23(8-4-10-26-19)18(25)21-15-5-2-1-3-6-15/h1-3,5-7,12H,4,8-11,13-14H2,(H,21,25). The third-order valence-corrected chi connectivity index (χ3v) is 5.50. The summed E-state index contributed by atoms with van der Waals surface area (Å²) in [6, 6.07) is 9.11. The van der Waals surface area contributed by atoms with Crippen LogP contribution >= 0.6 is 11.3 Å². The number of urea groups is 1. The Hall–Kier alpha value is -2.49. The molecule has 2 aliphatic rings. The minimum atomic E-state index is -1.02. The molecule has 4 rings (SSSR count). The lowest BCUT2D eigenvalue weighted by atomic mass is 10.2. The van der Waals surface area contributed by atoms with Crippen molar-refractivity contribution < 1.29 is 19.1 Å². The first kappa shape index (κ1) is 18.9. The van der Waals surface area contributed by atoms with E-state index in [1.165, 1.54) is 11.3 Å². The number of ether oxygens (including phenoxy) is 2. The van der Waals surface area contributed by atoms with Gasteiger partial charge >= 0.3 is 6.03 Å². The number of anilines is 1. The van der Waals surface area contributed by atoms with Crippen molar-refractivity contribution in [3.8, 4) is 0 Å². The van der Waals surface area contributed by atoms with E-state index in [-0.39, 0.29) is 25.0 Å². The SMILES string of the molecule is O=C(Nc1ccccc1)N1CCCOC2(C1)CN(C(=O)c1nccs1)CCO2. The van der Waals surface area contributed by atoms with Gasteiger partial charge in [0, 0.05) is 30.4 Å². The Balaban J connectivity index is 1.46. The van der Waals surface area contributed by atoms with Crippen LogP contribution in [0.25, 0.3) is 0 Å². The molecule has 1 atom stereocenters. The van der Waals surface area contributed by atoms with Gasteiger partial charge in [-0.1, -0.05) is 18.2 Å². The highest BCUT2D eigenvalue weighted by Crippen LogP contribution is 2.26. The highest BCUT2D eigenvalue weighted by atomic mass is 32.1. The van der Waals surface area contributed by atoms with Gasteiger partial charge in [0.1, 0.15) is 0 Å². The Labute approximate surface area is 167 Å². The van der Waals surface area contributed by atoms with E-state index in [1.807, 2.05) is 30.3 Å². The van der Waals surface area contributed by atoms with E-state index >= 15 is 0 Å². The fraction of sp³-hybridized carbons (Fsp3) is 0.421. The molecule has 148 valence electrons. The van der Waals surface area contributed by atoms with Gasteiger partial charge in [-0.25, -0.2) is 9.78 Å². The molecule has 28 heavy (non-hydrogen) atoms. The second-order valence-electron chi connectivity index (χ2n) is 6.74. The number of amides is 3. The number of rotatable bonds is 2. The Morgan fingerprint density at radius 1 is 1.07 bits per heavy atom. The molecular weight excluding hydrogens is 380 g/mol. The van der Waals surface area contributed by atoms with Crippen LogP contribution in [0.5, 0.6) is 0 Å². The molecule has 0 radical (unpaired) electrons. The number of morpholine rings is 1.